The van der Waals surface area contributed by atoms with Crippen LogP contribution in [0.2, 0.25) is 0 Å². The molecule has 1 saturated heterocycles. The zero-order chi connectivity index (χ0) is 13.7. The number of thioether (sulfide) groups is 1. The highest BCUT2D eigenvalue weighted by Gasteiger charge is 2.33. The van der Waals surface area contributed by atoms with Crippen LogP contribution >= 0.6 is 11.8 Å². The van der Waals surface area contributed by atoms with Gasteiger partial charge >= 0.3 is 0 Å². The maximum Gasteiger partial charge on any atom is 0.0450 e. The first-order valence-corrected chi connectivity index (χ1v) is 8.55. The first-order chi connectivity index (χ1) is 9.13. The van der Waals surface area contributed by atoms with E-state index in [4.69, 9.17) is 0 Å². The lowest BCUT2D eigenvalue weighted by Gasteiger charge is -2.46. The quantitative estimate of drug-likeness (QED) is 0.833. The fourth-order valence-electron chi connectivity index (χ4n) is 2.72. The molecule has 1 unspecified atom stereocenters. The van der Waals surface area contributed by atoms with Crippen molar-refractivity contribution in [3.8, 4) is 0 Å². The van der Waals surface area contributed by atoms with Crippen molar-refractivity contribution in [3.05, 3.63) is 35.9 Å². The van der Waals surface area contributed by atoms with Gasteiger partial charge in [-0.1, -0.05) is 30.3 Å². The number of rotatable bonds is 5. The van der Waals surface area contributed by atoms with Crippen LogP contribution < -0.4 is 5.32 Å². The number of hydrogen-bond donors (Lipinski definition) is 1. The molecule has 0 spiro atoms. The van der Waals surface area contributed by atoms with Crippen molar-refractivity contribution in [1.82, 2.24) is 10.2 Å². The molecule has 2 nitrogen and oxygen atoms in total. The predicted octanol–water partition coefficient (Wildman–Crippen LogP) is 3.16. The minimum Gasteiger partial charge on any atom is -0.307 e. The van der Waals surface area contributed by atoms with E-state index in [1.54, 1.807) is 0 Å². The van der Waals surface area contributed by atoms with Gasteiger partial charge in [-0.15, -0.1) is 0 Å². The normalized spacial score (nSPS) is 23.4. The fourth-order valence-corrected chi connectivity index (χ4v) is 3.14. The zero-order valence-corrected chi connectivity index (χ0v) is 13.2. The van der Waals surface area contributed by atoms with Crippen molar-refractivity contribution in [3.63, 3.8) is 0 Å². The summed E-state index contributed by atoms with van der Waals surface area (Å²) in [5.74, 6) is 1.26. The molecule has 106 valence electrons. The van der Waals surface area contributed by atoms with E-state index in [0.717, 1.165) is 13.1 Å². The molecule has 0 bridgehead atoms. The summed E-state index contributed by atoms with van der Waals surface area (Å²) in [4.78, 5) is 2.65. The van der Waals surface area contributed by atoms with Crippen LogP contribution in [0, 0.1) is 0 Å². The average molecular weight is 278 g/mol. The van der Waals surface area contributed by atoms with Gasteiger partial charge < -0.3 is 5.32 Å². The molecule has 0 aromatic heterocycles. The minimum absolute atomic E-state index is 0.268. The van der Waals surface area contributed by atoms with E-state index in [-0.39, 0.29) is 5.54 Å². The van der Waals surface area contributed by atoms with Crippen LogP contribution in [0.4, 0.5) is 0 Å². The molecule has 1 N–H and O–H groups in total. The molecule has 19 heavy (non-hydrogen) atoms. The van der Waals surface area contributed by atoms with Gasteiger partial charge in [0, 0.05) is 24.7 Å². The van der Waals surface area contributed by atoms with Gasteiger partial charge in [0.15, 0.2) is 0 Å². The Hall–Kier alpha value is -0.510. The summed E-state index contributed by atoms with van der Waals surface area (Å²) in [6, 6.07) is 11.3. The van der Waals surface area contributed by atoms with E-state index in [2.05, 4.69) is 60.7 Å². The lowest BCUT2D eigenvalue weighted by Crippen LogP contribution is -2.59. The molecule has 2 rings (SSSR count). The van der Waals surface area contributed by atoms with Crippen LogP contribution in [0.1, 0.15) is 31.9 Å². The van der Waals surface area contributed by atoms with Crippen LogP contribution in [0.25, 0.3) is 0 Å². The Labute approximate surface area is 122 Å². The van der Waals surface area contributed by atoms with E-state index < -0.39 is 0 Å². The van der Waals surface area contributed by atoms with E-state index in [1.165, 1.54) is 24.3 Å². The molecule has 1 aliphatic heterocycles. The number of benzene rings is 1. The van der Waals surface area contributed by atoms with Crippen LogP contribution in [0.3, 0.4) is 0 Å². The lowest BCUT2D eigenvalue weighted by atomic mass is 9.94. The van der Waals surface area contributed by atoms with E-state index in [1.807, 2.05) is 11.8 Å². The van der Waals surface area contributed by atoms with Gasteiger partial charge in [-0.25, -0.2) is 0 Å². The summed E-state index contributed by atoms with van der Waals surface area (Å²) in [5, 5.41) is 3.70. The highest BCUT2D eigenvalue weighted by Crippen LogP contribution is 2.26. The molecule has 1 aliphatic rings. The van der Waals surface area contributed by atoms with E-state index in [9.17, 15) is 0 Å². The second kappa shape index (κ2) is 6.78. The Bertz CT molecular complexity index is 378. The molecule has 0 amide bonds. The first-order valence-electron chi connectivity index (χ1n) is 7.16. The Morgan fingerprint density at radius 3 is 2.74 bits per heavy atom. The number of nitrogens with one attached hydrogen (secondary N) is 1. The van der Waals surface area contributed by atoms with Crippen molar-refractivity contribution < 1.29 is 0 Å². The second-order valence-corrected chi connectivity index (χ2v) is 6.93. The number of nitrogens with zero attached hydrogens (tertiary/aromatic N) is 1. The van der Waals surface area contributed by atoms with Gasteiger partial charge in [0.1, 0.15) is 0 Å². The third-order valence-corrected chi connectivity index (χ3v) is 4.72. The monoisotopic (exact) mass is 278 g/mol. The molecule has 1 atom stereocenters. The molecule has 3 heteroatoms. The van der Waals surface area contributed by atoms with Gasteiger partial charge in [0.05, 0.1) is 0 Å². The molecular formula is C16H26N2S. The largest absolute Gasteiger partial charge is 0.307 e. The molecule has 0 saturated carbocycles. The SMILES string of the molecule is CSCCCN1CC(c2ccccc2)NCC1(C)C. The Balaban J connectivity index is 1.99. The Morgan fingerprint density at radius 2 is 2.05 bits per heavy atom. The molecule has 1 heterocycles. The molecule has 0 aliphatic carbocycles. The smallest absolute Gasteiger partial charge is 0.0450 e. The predicted molar refractivity (Wildman–Crippen MR) is 85.8 cm³/mol. The number of hydrogen-bond acceptors (Lipinski definition) is 3. The zero-order valence-electron chi connectivity index (χ0n) is 12.4. The topological polar surface area (TPSA) is 15.3 Å². The van der Waals surface area contributed by atoms with Crippen LogP contribution in [0.15, 0.2) is 30.3 Å². The molecule has 0 radical (unpaired) electrons. The maximum atomic E-state index is 3.70. The number of piperazine rings is 1. The van der Waals surface area contributed by atoms with Crippen LogP contribution in [-0.2, 0) is 0 Å². The highest BCUT2D eigenvalue weighted by molar-refractivity contribution is 7.98. The van der Waals surface area contributed by atoms with Crippen molar-refractivity contribution in [2.24, 2.45) is 0 Å². The summed E-state index contributed by atoms with van der Waals surface area (Å²) in [7, 11) is 0. The van der Waals surface area contributed by atoms with Gasteiger partial charge in [0.25, 0.3) is 0 Å². The highest BCUT2D eigenvalue weighted by atomic mass is 32.2. The third kappa shape index (κ3) is 3.98. The van der Waals surface area contributed by atoms with Gasteiger partial charge in [-0.05, 0) is 44.4 Å². The molecular weight excluding hydrogens is 252 g/mol. The van der Waals surface area contributed by atoms with E-state index in [0.29, 0.717) is 6.04 Å². The lowest BCUT2D eigenvalue weighted by molar-refractivity contribution is 0.0664. The standard InChI is InChI=1S/C16H26N2S/c1-16(2)13-17-15(14-8-5-4-6-9-14)12-18(16)10-7-11-19-3/h4-6,8-9,15,17H,7,10-13H2,1-3H3. The Morgan fingerprint density at radius 1 is 1.32 bits per heavy atom. The summed E-state index contributed by atoms with van der Waals surface area (Å²) in [6.07, 6.45) is 3.47. The average Bonchev–Trinajstić information content (AvgIpc) is 2.42. The van der Waals surface area contributed by atoms with Gasteiger partial charge in [0.2, 0.25) is 0 Å². The molecule has 1 aromatic rings. The van der Waals surface area contributed by atoms with Gasteiger partial charge in [-0.2, -0.15) is 11.8 Å². The first kappa shape index (κ1) is 14.9. The summed E-state index contributed by atoms with van der Waals surface area (Å²) in [5.41, 5.74) is 1.68. The van der Waals surface area contributed by atoms with Crippen molar-refractivity contribution in [2.45, 2.75) is 31.8 Å². The van der Waals surface area contributed by atoms with Crippen molar-refractivity contribution >= 4 is 11.8 Å². The van der Waals surface area contributed by atoms with Crippen LogP contribution in [-0.4, -0.2) is 42.1 Å². The summed E-state index contributed by atoms with van der Waals surface area (Å²) in [6.45, 7) is 8.08. The summed E-state index contributed by atoms with van der Waals surface area (Å²) >= 11 is 1.95. The fraction of sp³-hybridized carbons (Fsp3) is 0.625. The Kier molecular flexibility index (Phi) is 5.31. The molecule has 1 fully saturated rings. The van der Waals surface area contributed by atoms with Crippen molar-refractivity contribution in [2.75, 3.05) is 31.6 Å². The second-order valence-electron chi connectivity index (χ2n) is 5.95. The minimum atomic E-state index is 0.268. The van der Waals surface area contributed by atoms with Crippen LogP contribution in [0.5, 0.6) is 0 Å². The third-order valence-electron chi connectivity index (χ3n) is 4.02. The van der Waals surface area contributed by atoms with Gasteiger partial charge in [-0.3, -0.25) is 4.90 Å². The summed E-state index contributed by atoms with van der Waals surface area (Å²) < 4.78 is 0. The van der Waals surface area contributed by atoms with Crippen molar-refractivity contribution in [1.29, 1.82) is 0 Å². The van der Waals surface area contributed by atoms with E-state index >= 15 is 0 Å². The molecule has 1 aromatic carbocycles. The maximum absolute atomic E-state index is 3.70.